The molecule has 0 bridgehead atoms. The Morgan fingerprint density at radius 3 is 2.59 bits per heavy atom. The van der Waals surface area contributed by atoms with Crippen molar-refractivity contribution in [1.82, 2.24) is 9.80 Å². The second-order valence-corrected chi connectivity index (χ2v) is 5.17. The third-order valence-corrected chi connectivity index (χ3v) is 3.84. The monoisotopic (exact) mass is 306 g/mol. The fourth-order valence-electron chi connectivity index (χ4n) is 2.64. The van der Waals surface area contributed by atoms with E-state index in [-0.39, 0.29) is 18.8 Å². The van der Waals surface area contributed by atoms with Crippen molar-refractivity contribution in [3.8, 4) is 11.5 Å². The summed E-state index contributed by atoms with van der Waals surface area (Å²) in [4.78, 5) is 27.5. The Bertz CT molecular complexity index is 589. The number of benzene rings is 1. The van der Waals surface area contributed by atoms with Crippen molar-refractivity contribution in [3.05, 3.63) is 23.8 Å². The van der Waals surface area contributed by atoms with E-state index in [1.165, 1.54) is 7.11 Å². The molecule has 1 saturated heterocycles. The number of carbonyl (C=O) groups is 2. The van der Waals surface area contributed by atoms with Crippen LogP contribution in [0.1, 0.15) is 16.8 Å². The van der Waals surface area contributed by atoms with Gasteiger partial charge in [-0.05, 0) is 24.6 Å². The van der Waals surface area contributed by atoms with Crippen LogP contribution in [0.3, 0.4) is 0 Å². The van der Waals surface area contributed by atoms with Crippen LogP contribution in [0.5, 0.6) is 11.5 Å². The van der Waals surface area contributed by atoms with Gasteiger partial charge in [0.15, 0.2) is 11.5 Å². The highest BCUT2D eigenvalue weighted by Crippen LogP contribution is 2.32. The first-order valence-electron chi connectivity index (χ1n) is 7.21. The number of hydrogen-bond acceptors (Lipinski definition) is 5. The van der Waals surface area contributed by atoms with Crippen molar-refractivity contribution >= 4 is 12.0 Å². The fraction of sp³-hybridized carbons (Fsp3) is 0.467. The molecule has 0 radical (unpaired) electrons. The maximum Gasteiger partial charge on any atom is 0.409 e. The molecule has 0 unspecified atom stereocenters. The first-order chi connectivity index (χ1) is 10.7. The SMILES string of the molecule is COC(=O)N1CCCN(C(=O)c2ccc3c(c2)OCO3)CC1. The van der Waals surface area contributed by atoms with Gasteiger partial charge >= 0.3 is 6.09 Å². The molecule has 0 aliphatic carbocycles. The van der Waals surface area contributed by atoms with Crippen LogP contribution in [0.2, 0.25) is 0 Å². The van der Waals surface area contributed by atoms with Crippen molar-refractivity contribution in [3.63, 3.8) is 0 Å². The van der Waals surface area contributed by atoms with E-state index in [1.807, 2.05) is 0 Å². The van der Waals surface area contributed by atoms with Gasteiger partial charge in [-0.15, -0.1) is 0 Å². The van der Waals surface area contributed by atoms with Gasteiger partial charge < -0.3 is 24.0 Å². The second kappa shape index (κ2) is 6.13. The molecule has 0 atom stereocenters. The quantitative estimate of drug-likeness (QED) is 0.783. The van der Waals surface area contributed by atoms with Gasteiger partial charge in [0.2, 0.25) is 6.79 Å². The van der Waals surface area contributed by atoms with E-state index in [0.29, 0.717) is 43.2 Å². The average Bonchev–Trinajstić information content (AvgIpc) is 2.88. The van der Waals surface area contributed by atoms with Crippen LogP contribution < -0.4 is 9.47 Å². The lowest BCUT2D eigenvalue weighted by Crippen LogP contribution is -2.37. The topological polar surface area (TPSA) is 68.3 Å². The summed E-state index contributed by atoms with van der Waals surface area (Å²) in [7, 11) is 1.36. The van der Waals surface area contributed by atoms with Gasteiger partial charge in [-0.2, -0.15) is 0 Å². The van der Waals surface area contributed by atoms with E-state index in [1.54, 1.807) is 28.0 Å². The Labute approximate surface area is 128 Å². The van der Waals surface area contributed by atoms with Crippen LogP contribution in [0.15, 0.2) is 18.2 Å². The van der Waals surface area contributed by atoms with Gasteiger partial charge in [-0.1, -0.05) is 0 Å². The molecule has 118 valence electrons. The van der Waals surface area contributed by atoms with Crippen molar-refractivity contribution in [2.45, 2.75) is 6.42 Å². The van der Waals surface area contributed by atoms with Crippen molar-refractivity contribution in [2.75, 3.05) is 40.1 Å². The summed E-state index contributed by atoms with van der Waals surface area (Å²) >= 11 is 0. The summed E-state index contributed by atoms with van der Waals surface area (Å²) in [5.41, 5.74) is 0.566. The molecule has 2 aliphatic rings. The zero-order valence-corrected chi connectivity index (χ0v) is 12.4. The van der Waals surface area contributed by atoms with E-state index in [9.17, 15) is 9.59 Å². The van der Waals surface area contributed by atoms with Gasteiger partial charge in [0.25, 0.3) is 5.91 Å². The number of ether oxygens (including phenoxy) is 3. The van der Waals surface area contributed by atoms with Crippen molar-refractivity contribution in [1.29, 1.82) is 0 Å². The molecule has 7 heteroatoms. The number of amides is 2. The van der Waals surface area contributed by atoms with Crippen molar-refractivity contribution in [2.24, 2.45) is 0 Å². The number of hydrogen-bond donors (Lipinski definition) is 0. The highest BCUT2D eigenvalue weighted by atomic mass is 16.7. The number of carbonyl (C=O) groups excluding carboxylic acids is 2. The largest absolute Gasteiger partial charge is 0.454 e. The summed E-state index contributed by atoms with van der Waals surface area (Å²) < 4.78 is 15.3. The third-order valence-electron chi connectivity index (χ3n) is 3.84. The molecular formula is C15H18N2O5. The molecule has 2 amide bonds. The van der Waals surface area contributed by atoms with Crippen LogP contribution in [0, 0.1) is 0 Å². The van der Waals surface area contributed by atoms with Crippen LogP contribution in [-0.2, 0) is 4.74 Å². The molecule has 0 saturated carbocycles. The molecule has 3 rings (SSSR count). The third kappa shape index (κ3) is 2.79. The van der Waals surface area contributed by atoms with Crippen LogP contribution in [0.25, 0.3) is 0 Å². The minimum atomic E-state index is -0.350. The first-order valence-corrected chi connectivity index (χ1v) is 7.21. The number of fused-ring (bicyclic) bond motifs is 1. The van der Waals surface area contributed by atoms with Gasteiger partial charge in [-0.3, -0.25) is 4.79 Å². The predicted molar refractivity (Wildman–Crippen MR) is 77.1 cm³/mol. The lowest BCUT2D eigenvalue weighted by molar-refractivity contribution is 0.0757. The Morgan fingerprint density at radius 1 is 1.05 bits per heavy atom. The van der Waals surface area contributed by atoms with Crippen LogP contribution >= 0.6 is 0 Å². The summed E-state index contributed by atoms with van der Waals surface area (Å²) in [6.07, 6.45) is 0.378. The molecule has 0 spiro atoms. The van der Waals surface area contributed by atoms with E-state index in [2.05, 4.69) is 0 Å². The zero-order chi connectivity index (χ0) is 15.5. The molecular weight excluding hydrogens is 288 g/mol. The summed E-state index contributed by atoms with van der Waals surface area (Å²) in [5, 5.41) is 0. The standard InChI is InChI=1S/C15H18N2O5/c1-20-15(19)17-6-2-5-16(7-8-17)14(18)11-3-4-12-13(9-11)22-10-21-12/h3-4,9H,2,5-8,10H2,1H3. The molecule has 1 aromatic carbocycles. The second-order valence-electron chi connectivity index (χ2n) is 5.17. The van der Waals surface area contributed by atoms with Crippen molar-refractivity contribution < 1.29 is 23.8 Å². The number of methoxy groups -OCH3 is 1. The van der Waals surface area contributed by atoms with Crippen LogP contribution in [-0.4, -0.2) is 61.9 Å². The summed E-state index contributed by atoms with van der Waals surface area (Å²) in [6.45, 7) is 2.36. The van der Waals surface area contributed by atoms with E-state index >= 15 is 0 Å². The molecule has 1 aromatic rings. The lowest BCUT2D eigenvalue weighted by atomic mass is 10.1. The van der Waals surface area contributed by atoms with E-state index in [4.69, 9.17) is 14.2 Å². The van der Waals surface area contributed by atoms with Gasteiger partial charge in [0.1, 0.15) is 0 Å². The first kappa shape index (κ1) is 14.5. The number of rotatable bonds is 1. The number of nitrogens with zero attached hydrogens (tertiary/aromatic N) is 2. The highest BCUT2D eigenvalue weighted by molar-refractivity contribution is 5.95. The molecule has 22 heavy (non-hydrogen) atoms. The van der Waals surface area contributed by atoms with Crippen LogP contribution in [0.4, 0.5) is 4.79 Å². The fourth-order valence-corrected chi connectivity index (χ4v) is 2.64. The normalized spacial score (nSPS) is 17.1. The smallest absolute Gasteiger partial charge is 0.409 e. The summed E-state index contributed by atoms with van der Waals surface area (Å²) in [5.74, 6) is 1.19. The molecule has 0 aromatic heterocycles. The maximum absolute atomic E-state index is 12.6. The van der Waals surface area contributed by atoms with Gasteiger partial charge in [0, 0.05) is 31.7 Å². The molecule has 1 fully saturated rings. The molecule has 2 aliphatic heterocycles. The van der Waals surface area contributed by atoms with Gasteiger partial charge in [0.05, 0.1) is 7.11 Å². The average molecular weight is 306 g/mol. The Kier molecular flexibility index (Phi) is 4.04. The molecule has 7 nitrogen and oxygen atoms in total. The van der Waals surface area contributed by atoms with E-state index < -0.39 is 0 Å². The maximum atomic E-state index is 12.6. The lowest BCUT2D eigenvalue weighted by Gasteiger charge is -2.21. The molecule has 2 heterocycles. The summed E-state index contributed by atoms with van der Waals surface area (Å²) in [6, 6.07) is 5.18. The minimum Gasteiger partial charge on any atom is -0.454 e. The molecule has 0 N–H and O–H groups in total. The predicted octanol–water partition coefficient (Wildman–Crippen LogP) is 1.33. The zero-order valence-electron chi connectivity index (χ0n) is 12.4. The Hall–Kier alpha value is -2.44. The minimum absolute atomic E-state index is 0.0648. The van der Waals surface area contributed by atoms with E-state index in [0.717, 1.165) is 6.42 Å². The van der Waals surface area contributed by atoms with Gasteiger partial charge in [-0.25, -0.2) is 4.79 Å². The Morgan fingerprint density at radius 2 is 1.77 bits per heavy atom. The highest BCUT2D eigenvalue weighted by Gasteiger charge is 2.24. The Balaban J connectivity index is 1.69.